The number of piperazine rings is 1. The van der Waals surface area contributed by atoms with Gasteiger partial charge >= 0.3 is 0 Å². The number of hydrogen-bond acceptors (Lipinski definition) is 8. The number of hydrogen-bond donors (Lipinski definition) is 3. The van der Waals surface area contributed by atoms with Gasteiger partial charge in [-0.15, -0.1) is 0 Å². The quantitative estimate of drug-likeness (QED) is 0.469. The van der Waals surface area contributed by atoms with Crippen molar-refractivity contribution in [2.24, 2.45) is 0 Å². The Hall–Kier alpha value is -2.78. The molecule has 0 amide bonds. The molecular weight excluding hydrogens is 409 g/mol. The zero-order valence-corrected chi connectivity index (χ0v) is 19.1. The fraction of sp³-hybridized carbons (Fsp3) is 0.522. The smallest absolute Gasteiger partial charge is 0.185 e. The minimum absolute atomic E-state index is 0.316. The maximum Gasteiger partial charge on any atom is 0.185 e. The first-order chi connectivity index (χ1) is 15.2. The lowest BCUT2D eigenvalue weighted by Gasteiger charge is -2.41. The lowest BCUT2D eigenvalue weighted by molar-refractivity contribution is 0.125. The van der Waals surface area contributed by atoms with Gasteiger partial charge < -0.3 is 25.6 Å². The molecule has 0 spiro atoms. The van der Waals surface area contributed by atoms with Crippen LogP contribution in [0.3, 0.4) is 0 Å². The molecule has 2 fully saturated rings. The van der Waals surface area contributed by atoms with Gasteiger partial charge in [0.25, 0.3) is 0 Å². The molecule has 3 N–H and O–H groups in total. The highest BCUT2D eigenvalue weighted by atomic mass is 19.1. The summed E-state index contributed by atoms with van der Waals surface area (Å²) in [5.41, 5.74) is 3.17. The third kappa shape index (κ3) is 4.54. The highest BCUT2D eigenvalue weighted by Gasteiger charge is 2.30. The first kappa shape index (κ1) is 22.4. The molecule has 32 heavy (non-hydrogen) atoms. The average Bonchev–Trinajstić information content (AvgIpc) is 2.72. The second-order valence-corrected chi connectivity index (χ2v) is 8.93. The fourth-order valence-corrected chi connectivity index (χ4v) is 4.31. The molecule has 1 atom stereocenters. The van der Waals surface area contributed by atoms with E-state index in [4.69, 9.17) is 5.41 Å². The monoisotopic (exact) mass is 441 g/mol. The van der Waals surface area contributed by atoms with E-state index in [-0.39, 0.29) is 6.10 Å². The number of aryl methyl sites for hydroxylation is 2. The SMILES string of the molecule is Cc1nc(Nc2cc(N3CCN(C(C)C)CC3F)c(C)cc2C=N)cc(N2CC(O)C2)n1. The van der Waals surface area contributed by atoms with Gasteiger partial charge in [0.1, 0.15) is 17.5 Å². The third-order valence-corrected chi connectivity index (χ3v) is 6.19. The minimum atomic E-state index is -1.09. The summed E-state index contributed by atoms with van der Waals surface area (Å²) < 4.78 is 15.1. The summed E-state index contributed by atoms with van der Waals surface area (Å²) in [5.74, 6) is 1.97. The van der Waals surface area contributed by atoms with Gasteiger partial charge in [-0.25, -0.2) is 14.4 Å². The lowest BCUT2D eigenvalue weighted by atomic mass is 10.1. The van der Waals surface area contributed by atoms with E-state index in [2.05, 4.69) is 34.0 Å². The molecule has 1 unspecified atom stereocenters. The zero-order chi connectivity index (χ0) is 23.0. The van der Waals surface area contributed by atoms with Gasteiger partial charge in [-0.1, -0.05) is 0 Å². The zero-order valence-electron chi connectivity index (χ0n) is 19.1. The van der Waals surface area contributed by atoms with Crippen LogP contribution in [0.1, 0.15) is 30.8 Å². The maximum atomic E-state index is 15.1. The van der Waals surface area contributed by atoms with Crippen LogP contribution in [0.25, 0.3) is 0 Å². The number of aromatic nitrogens is 2. The fourth-order valence-electron chi connectivity index (χ4n) is 4.31. The molecule has 8 nitrogen and oxygen atoms in total. The van der Waals surface area contributed by atoms with Crippen molar-refractivity contribution < 1.29 is 9.50 Å². The molecule has 0 bridgehead atoms. The topological polar surface area (TPSA) is 91.6 Å². The summed E-state index contributed by atoms with van der Waals surface area (Å²) in [5, 5.41) is 20.8. The molecule has 1 aromatic heterocycles. The molecular formula is C23H32FN7O. The summed E-state index contributed by atoms with van der Waals surface area (Å²) in [7, 11) is 0. The Bertz CT molecular complexity index is 993. The number of benzene rings is 1. The summed E-state index contributed by atoms with van der Waals surface area (Å²) in [6, 6.07) is 5.98. The largest absolute Gasteiger partial charge is 0.389 e. The third-order valence-electron chi connectivity index (χ3n) is 6.19. The Balaban J connectivity index is 1.62. The van der Waals surface area contributed by atoms with E-state index in [1.165, 1.54) is 6.21 Å². The number of β-amino-alcohol motifs (C(OH)–C–C–N with tert-alkyl or cyclic N) is 1. The predicted octanol–water partition coefficient (Wildman–Crippen LogP) is 2.84. The molecule has 0 radical (unpaired) electrons. The molecule has 2 saturated heterocycles. The van der Waals surface area contributed by atoms with Gasteiger partial charge in [0.2, 0.25) is 0 Å². The Morgan fingerprint density at radius 1 is 1.16 bits per heavy atom. The molecule has 4 rings (SSSR count). The molecule has 2 aliphatic rings. The van der Waals surface area contributed by atoms with Crippen molar-refractivity contribution in [3.05, 3.63) is 35.2 Å². The number of nitrogens with one attached hydrogen (secondary N) is 2. The second-order valence-electron chi connectivity index (χ2n) is 8.93. The summed E-state index contributed by atoms with van der Waals surface area (Å²) in [6.07, 6.45) is -0.117. The van der Waals surface area contributed by atoms with E-state index < -0.39 is 6.30 Å². The van der Waals surface area contributed by atoms with Crippen molar-refractivity contribution in [1.29, 1.82) is 5.41 Å². The molecule has 0 saturated carbocycles. The van der Waals surface area contributed by atoms with E-state index >= 15 is 4.39 Å². The van der Waals surface area contributed by atoms with Gasteiger partial charge in [0.15, 0.2) is 6.30 Å². The Labute approximate surface area is 188 Å². The van der Waals surface area contributed by atoms with E-state index in [1.54, 1.807) is 0 Å². The van der Waals surface area contributed by atoms with E-state index in [0.29, 0.717) is 55.1 Å². The van der Waals surface area contributed by atoms with Crippen molar-refractivity contribution in [3.8, 4) is 0 Å². The van der Waals surface area contributed by atoms with E-state index in [9.17, 15) is 5.11 Å². The van der Waals surface area contributed by atoms with Gasteiger partial charge in [0.05, 0.1) is 11.8 Å². The predicted molar refractivity (Wildman–Crippen MR) is 126 cm³/mol. The molecule has 2 aromatic rings. The molecule has 172 valence electrons. The normalized spacial score (nSPS) is 19.9. The summed E-state index contributed by atoms with van der Waals surface area (Å²) in [6.45, 7) is 10.9. The highest BCUT2D eigenvalue weighted by Crippen LogP contribution is 2.33. The van der Waals surface area contributed by atoms with Gasteiger partial charge in [0, 0.05) is 62.3 Å². The van der Waals surface area contributed by atoms with Crippen LogP contribution in [-0.2, 0) is 0 Å². The van der Waals surface area contributed by atoms with Crippen molar-refractivity contribution >= 4 is 29.2 Å². The summed E-state index contributed by atoms with van der Waals surface area (Å²) >= 11 is 0. The van der Waals surface area contributed by atoms with Crippen LogP contribution in [0.4, 0.5) is 27.4 Å². The Morgan fingerprint density at radius 3 is 2.53 bits per heavy atom. The van der Waals surface area contributed by atoms with E-state index in [1.807, 2.05) is 41.8 Å². The van der Waals surface area contributed by atoms with Crippen LogP contribution in [-0.4, -0.2) is 77.4 Å². The molecule has 2 aliphatic heterocycles. The van der Waals surface area contributed by atoms with Crippen LogP contribution in [0.5, 0.6) is 0 Å². The lowest BCUT2D eigenvalue weighted by Crippen LogP contribution is -2.53. The van der Waals surface area contributed by atoms with Crippen molar-refractivity contribution in [2.45, 2.75) is 46.1 Å². The number of halogens is 1. The molecule has 0 aliphatic carbocycles. The molecule has 1 aromatic carbocycles. The average molecular weight is 442 g/mol. The summed E-state index contributed by atoms with van der Waals surface area (Å²) in [4.78, 5) is 14.9. The number of aliphatic hydroxyl groups is 1. The van der Waals surface area contributed by atoms with Crippen LogP contribution in [0, 0.1) is 19.3 Å². The van der Waals surface area contributed by atoms with Crippen molar-refractivity contribution in [3.63, 3.8) is 0 Å². The second kappa shape index (κ2) is 8.99. The standard InChI is InChI=1S/C23H32FN7O/c1-14(2)29-5-6-31(21(24)13-29)20-8-19(17(10-25)7-15(20)3)28-22-9-23(27-16(4)26-22)30-11-18(32)12-30/h7-10,14,18,21,25,32H,5-6,11-13H2,1-4H3,(H,26,27,28). The van der Waals surface area contributed by atoms with Crippen LogP contribution >= 0.6 is 0 Å². The molecule has 9 heteroatoms. The van der Waals surface area contributed by atoms with Crippen molar-refractivity contribution in [2.75, 3.05) is 47.8 Å². The van der Waals surface area contributed by atoms with Gasteiger partial charge in [-0.05, 0) is 45.4 Å². The molecule has 3 heterocycles. The first-order valence-corrected chi connectivity index (χ1v) is 11.1. The minimum Gasteiger partial charge on any atom is -0.389 e. The number of aliphatic hydroxyl groups excluding tert-OH is 1. The van der Waals surface area contributed by atoms with Crippen LogP contribution in [0.15, 0.2) is 18.2 Å². The first-order valence-electron chi connectivity index (χ1n) is 11.1. The maximum absolute atomic E-state index is 15.1. The van der Waals surface area contributed by atoms with Gasteiger partial charge in [-0.2, -0.15) is 0 Å². The number of alkyl halides is 1. The van der Waals surface area contributed by atoms with Gasteiger partial charge in [-0.3, -0.25) is 4.90 Å². The van der Waals surface area contributed by atoms with Crippen molar-refractivity contribution in [1.82, 2.24) is 14.9 Å². The number of rotatable bonds is 6. The Morgan fingerprint density at radius 2 is 1.91 bits per heavy atom. The number of anilines is 4. The van der Waals surface area contributed by atoms with Crippen LogP contribution in [0.2, 0.25) is 0 Å². The Kier molecular flexibility index (Phi) is 6.30. The number of nitrogens with zero attached hydrogens (tertiary/aromatic N) is 5. The highest BCUT2D eigenvalue weighted by molar-refractivity contribution is 5.89. The van der Waals surface area contributed by atoms with Crippen LogP contribution < -0.4 is 15.1 Å². The van der Waals surface area contributed by atoms with E-state index in [0.717, 1.165) is 23.6 Å².